The minimum Gasteiger partial charge on any atom is -0.379 e. The van der Waals surface area contributed by atoms with Crippen LogP contribution >= 0.6 is 0 Å². The van der Waals surface area contributed by atoms with E-state index in [4.69, 9.17) is 14.6 Å². The Kier molecular flexibility index (Phi) is 5.42. The van der Waals surface area contributed by atoms with Crippen molar-refractivity contribution >= 4 is 11.5 Å². The molecular formula is C20H30N6O2. The number of ether oxygens (including phenoxy) is 2. The van der Waals surface area contributed by atoms with Gasteiger partial charge in [-0.15, -0.1) is 15.3 Å². The van der Waals surface area contributed by atoms with Gasteiger partial charge in [0.15, 0.2) is 11.5 Å². The van der Waals surface area contributed by atoms with Crippen molar-refractivity contribution in [3.05, 3.63) is 18.0 Å². The van der Waals surface area contributed by atoms with Crippen LogP contribution in [-0.4, -0.2) is 83.9 Å². The van der Waals surface area contributed by atoms with Crippen LogP contribution in [0.3, 0.4) is 0 Å². The van der Waals surface area contributed by atoms with E-state index in [2.05, 4.69) is 32.1 Å². The predicted molar refractivity (Wildman–Crippen MR) is 106 cm³/mol. The quantitative estimate of drug-likeness (QED) is 0.790. The number of anilines is 1. The Balaban J connectivity index is 1.24. The lowest BCUT2D eigenvalue weighted by atomic mass is 9.95. The van der Waals surface area contributed by atoms with Gasteiger partial charge in [-0.05, 0) is 50.9 Å². The number of hydrogen-bond donors (Lipinski definition) is 0. The van der Waals surface area contributed by atoms with Crippen molar-refractivity contribution in [2.24, 2.45) is 5.92 Å². The third-order valence-corrected chi connectivity index (χ3v) is 6.25. The molecule has 3 aliphatic heterocycles. The van der Waals surface area contributed by atoms with Crippen LogP contribution in [0.25, 0.3) is 5.65 Å². The summed E-state index contributed by atoms with van der Waals surface area (Å²) in [6.07, 6.45) is 4.71. The van der Waals surface area contributed by atoms with Gasteiger partial charge in [0.25, 0.3) is 0 Å². The number of nitrogens with zero attached hydrogens (tertiary/aromatic N) is 6. The summed E-state index contributed by atoms with van der Waals surface area (Å²) in [5.74, 6) is 2.99. The molecule has 28 heavy (non-hydrogen) atoms. The molecule has 0 aliphatic carbocycles. The first-order valence-corrected chi connectivity index (χ1v) is 10.7. The summed E-state index contributed by atoms with van der Waals surface area (Å²) in [6, 6.07) is 4.14. The van der Waals surface area contributed by atoms with Gasteiger partial charge in [-0.2, -0.15) is 4.52 Å². The Hall–Kier alpha value is -1.77. The molecule has 8 nitrogen and oxygen atoms in total. The first-order valence-electron chi connectivity index (χ1n) is 10.7. The summed E-state index contributed by atoms with van der Waals surface area (Å²) < 4.78 is 13.3. The lowest BCUT2D eigenvalue weighted by Gasteiger charge is -2.33. The first kappa shape index (κ1) is 18.3. The second-order valence-electron chi connectivity index (χ2n) is 8.30. The lowest BCUT2D eigenvalue weighted by molar-refractivity contribution is 0.0931. The summed E-state index contributed by atoms with van der Waals surface area (Å²) in [7, 11) is 0. The summed E-state index contributed by atoms with van der Waals surface area (Å²) in [4.78, 5) is 4.91. The van der Waals surface area contributed by atoms with E-state index in [1.807, 2.05) is 4.52 Å². The lowest BCUT2D eigenvalue weighted by Crippen LogP contribution is -2.38. The smallest absolute Gasteiger partial charge is 0.178 e. The number of hydrogen-bond acceptors (Lipinski definition) is 7. The van der Waals surface area contributed by atoms with Crippen molar-refractivity contribution in [3.63, 3.8) is 0 Å². The molecule has 0 unspecified atom stereocenters. The maximum absolute atomic E-state index is 5.64. The minimum absolute atomic E-state index is 0.425. The summed E-state index contributed by atoms with van der Waals surface area (Å²) >= 11 is 0. The highest BCUT2D eigenvalue weighted by molar-refractivity contribution is 5.46. The topological polar surface area (TPSA) is 68.0 Å². The van der Waals surface area contributed by atoms with Gasteiger partial charge < -0.3 is 19.3 Å². The monoisotopic (exact) mass is 386 g/mol. The number of piperidine rings is 1. The molecule has 3 fully saturated rings. The summed E-state index contributed by atoms with van der Waals surface area (Å²) in [5.41, 5.74) is 0.855. The second-order valence-corrected chi connectivity index (χ2v) is 8.30. The Morgan fingerprint density at radius 3 is 2.43 bits per heavy atom. The Morgan fingerprint density at radius 1 is 0.929 bits per heavy atom. The van der Waals surface area contributed by atoms with E-state index in [0.717, 1.165) is 89.3 Å². The summed E-state index contributed by atoms with van der Waals surface area (Å²) in [5, 5.41) is 13.8. The fourth-order valence-corrected chi connectivity index (χ4v) is 4.68. The molecule has 3 aliphatic rings. The van der Waals surface area contributed by atoms with Crippen molar-refractivity contribution < 1.29 is 9.47 Å². The van der Waals surface area contributed by atoms with Crippen LogP contribution in [0.4, 0.5) is 5.82 Å². The molecule has 5 rings (SSSR count). The zero-order valence-electron chi connectivity index (χ0n) is 16.5. The molecule has 5 heterocycles. The molecule has 0 spiro atoms. The van der Waals surface area contributed by atoms with Gasteiger partial charge in [0.05, 0.1) is 26.4 Å². The molecule has 0 saturated carbocycles. The molecule has 2 aromatic rings. The molecule has 0 N–H and O–H groups in total. The van der Waals surface area contributed by atoms with Crippen LogP contribution in [0.5, 0.6) is 0 Å². The van der Waals surface area contributed by atoms with Gasteiger partial charge in [-0.25, -0.2) is 0 Å². The van der Waals surface area contributed by atoms with Gasteiger partial charge in [0.2, 0.25) is 0 Å². The van der Waals surface area contributed by atoms with Crippen LogP contribution in [0.2, 0.25) is 0 Å². The molecule has 0 aromatic carbocycles. The van der Waals surface area contributed by atoms with E-state index >= 15 is 0 Å². The largest absolute Gasteiger partial charge is 0.379 e. The molecule has 2 aromatic heterocycles. The SMILES string of the molecule is c1cc2nnc(C3CCN(CC4COCCOC4)CC3)n2nc1N1CCCC1. The van der Waals surface area contributed by atoms with Crippen LogP contribution in [0, 0.1) is 5.92 Å². The van der Waals surface area contributed by atoms with Crippen molar-refractivity contribution in [2.75, 3.05) is 64.1 Å². The van der Waals surface area contributed by atoms with E-state index in [0.29, 0.717) is 11.8 Å². The van der Waals surface area contributed by atoms with E-state index in [9.17, 15) is 0 Å². The highest BCUT2D eigenvalue weighted by Gasteiger charge is 2.27. The number of fused-ring (bicyclic) bond motifs is 1. The van der Waals surface area contributed by atoms with Gasteiger partial charge in [0, 0.05) is 31.5 Å². The van der Waals surface area contributed by atoms with Crippen LogP contribution in [0.1, 0.15) is 37.4 Å². The molecule has 0 atom stereocenters. The van der Waals surface area contributed by atoms with E-state index in [1.54, 1.807) is 0 Å². The molecule has 0 bridgehead atoms. The third kappa shape index (κ3) is 3.86. The Morgan fingerprint density at radius 2 is 1.68 bits per heavy atom. The maximum Gasteiger partial charge on any atom is 0.178 e. The zero-order valence-corrected chi connectivity index (χ0v) is 16.5. The molecule has 3 saturated heterocycles. The van der Waals surface area contributed by atoms with Gasteiger partial charge in [0.1, 0.15) is 5.82 Å². The van der Waals surface area contributed by atoms with Crippen molar-refractivity contribution in [2.45, 2.75) is 31.6 Å². The van der Waals surface area contributed by atoms with E-state index in [1.165, 1.54) is 12.8 Å². The average molecular weight is 387 g/mol. The maximum atomic E-state index is 5.64. The Labute approximate surface area is 165 Å². The van der Waals surface area contributed by atoms with Crippen LogP contribution in [0.15, 0.2) is 12.1 Å². The van der Waals surface area contributed by atoms with E-state index < -0.39 is 0 Å². The zero-order chi connectivity index (χ0) is 18.8. The fraction of sp³-hybridized carbons (Fsp3) is 0.750. The molecule has 152 valence electrons. The molecular weight excluding hydrogens is 356 g/mol. The average Bonchev–Trinajstić information content (AvgIpc) is 3.34. The predicted octanol–water partition coefficient (Wildman–Crippen LogP) is 1.57. The standard InChI is InChI=1S/C20H30N6O2/c1-2-8-25(7-1)19-4-3-18-21-22-20(26(18)23-19)17-5-9-24(10-6-17)13-16-14-27-11-12-28-15-16/h3-4,16-17H,1-2,5-15H2. The molecule has 0 radical (unpaired) electrons. The minimum atomic E-state index is 0.425. The highest BCUT2D eigenvalue weighted by Crippen LogP contribution is 2.28. The van der Waals surface area contributed by atoms with Crippen molar-refractivity contribution in [1.82, 2.24) is 24.7 Å². The second kappa shape index (κ2) is 8.31. The fourth-order valence-electron chi connectivity index (χ4n) is 4.68. The Bertz CT molecular complexity index is 774. The highest BCUT2D eigenvalue weighted by atomic mass is 16.5. The first-order chi connectivity index (χ1) is 13.9. The number of rotatable bonds is 4. The number of aromatic nitrogens is 4. The van der Waals surface area contributed by atoms with Gasteiger partial charge in [-0.1, -0.05) is 0 Å². The van der Waals surface area contributed by atoms with Crippen molar-refractivity contribution in [3.8, 4) is 0 Å². The van der Waals surface area contributed by atoms with Gasteiger partial charge in [-0.3, -0.25) is 0 Å². The van der Waals surface area contributed by atoms with Crippen LogP contribution in [-0.2, 0) is 9.47 Å². The third-order valence-electron chi connectivity index (χ3n) is 6.25. The van der Waals surface area contributed by atoms with E-state index in [-0.39, 0.29) is 0 Å². The van der Waals surface area contributed by atoms with Gasteiger partial charge >= 0.3 is 0 Å². The molecule has 8 heteroatoms. The van der Waals surface area contributed by atoms with Crippen LogP contribution < -0.4 is 4.90 Å². The molecule has 0 amide bonds. The number of likely N-dealkylation sites (tertiary alicyclic amines) is 1. The summed E-state index contributed by atoms with van der Waals surface area (Å²) in [6.45, 7) is 8.52. The van der Waals surface area contributed by atoms with Crippen molar-refractivity contribution in [1.29, 1.82) is 0 Å². The normalized spacial score (nSPS) is 23.5.